The molecule has 1 unspecified atom stereocenters. The lowest BCUT2D eigenvalue weighted by molar-refractivity contribution is 0.0434. The van der Waals surface area contributed by atoms with E-state index in [1.54, 1.807) is 6.33 Å². The van der Waals surface area contributed by atoms with Gasteiger partial charge in [0, 0.05) is 27.9 Å². The molecule has 0 amide bonds. The number of ether oxygens (including phenoxy) is 1. The van der Waals surface area contributed by atoms with Gasteiger partial charge in [-0.1, -0.05) is 0 Å². The number of fused-ring (bicyclic) bond motifs is 3. The van der Waals surface area contributed by atoms with Gasteiger partial charge in [-0.15, -0.1) is 0 Å². The van der Waals surface area contributed by atoms with E-state index < -0.39 is 10.8 Å². The van der Waals surface area contributed by atoms with Gasteiger partial charge in [0.05, 0.1) is 29.5 Å². The maximum atomic E-state index is 13.6. The maximum absolute atomic E-state index is 13.6. The van der Waals surface area contributed by atoms with Gasteiger partial charge in [-0.2, -0.15) is 5.10 Å². The van der Waals surface area contributed by atoms with Crippen molar-refractivity contribution in [3.05, 3.63) is 30.7 Å². The highest BCUT2D eigenvalue weighted by molar-refractivity contribution is 7.85. The van der Waals surface area contributed by atoms with Crippen LogP contribution in [0.15, 0.2) is 35.6 Å². The monoisotopic (exact) mass is 498 g/mol. The number of hydrogen-bond acceptors (Lipinski definition) is 7. The predicted molar refractivity (Wildman–Crippen MR) is 135 cm³/mol. The van der Waals surface area contributed by atoms with Gasteiger partial charge in [0.25, 0.3) is 0 Å². The Hall–Kier alpha value is -2.56. The molecule has 1 saturated heterocycles. The molecule has 9 nitrogen and oxygen atoms in total. The minimum atomic E-state index is -1.13. The SMILES string of the molecule is CC(C)n1ncnc1-c1cn2c(n1)-c1cc(S(=O)C3CCN(C(C)(C)CO)CC3)ccc1OCC2. The van der Waals surface area contributed by atoms with E-state index in [2.05, 4.69) is 47.2 Å². The van der Waals surface area contributed by atoms with Crippen LogP contribution in [0.2, 0.25) is 0 Å². The molecule has 35 heavy (non-hydrogen) atoms. The first-order chi connectivity index (χ1) is 16.8. The molecule has 0 radical (unpaired) electrons. The van der Waals surface area contributed by atoms with Gasteiger partial charge in [0.15, 0.2) is 5.82 Å². The summed E-state index contributed by atoms with van der Waals surface area (Å²) < 4.78 is 23.5. The van der Waals surface area contributed by atoms with E-state index in [-0.39, 0.29) is 23.4 Å². The molecule has 0 bridgehead atoms. The molecule has 10 heteroatoms. The van der Waals surface area contributed by atoms with Crippen LogP contribution in [0.3, 0.4) is 0 Å². The van der Waals surface area contributed by atoms with Crippen LogP contribution < -0.4 is 4.74 Å². The molecule has 4 heterocycles. The molecule has 188 valence electrons. The molecule has 0 aliphatic carbocycles. The Morgan fingerprint density at radius 1 is 1.20 bits per heavy atom. The zero-order chi connectivity index (χ0) is 24.7. The highest BCUT2D eigenvalue weighted by Crippen LogP contribution is 2.36. The molecule has 0 saturated carbocycles. The highest BCUT2D eigenvalue weighted by Gasteiger charge is 2.33. The second-order valence-electron chi connectivity index (χ2n) is 10.2. The minimum absolute atomic E-state index is 0.0883. The third-order valence-corrected chi connectivity index (χ3v) is 8.87. The Bertz CT molecular complexity index is 1230. The minimum Gasteiger partial charge on any atom is -0.491 e. The second-order valence-corrected chi connectivity index (χ2v) is 12.0. The van der Waals surface area contributed by atoms with Crippen LogP contribution in [-0.2, 0) is 17.3 Å². The van der Waals surface area contributed by atoms with Crippen molar-refractivity contribution in [1.82, 2.24) is 29.2 Å². The smallest absolute Gasteiger partial charge is 0.178 e. The topological polar surface area (TPSA) is 98.3 Å². The summed E-state index contributed by atoms with van der Waals surface area (Å²) in [6.45, 7) is 11.2. The largest absolute Gasteiger partial charge is 0.491 e. The predicted octanol–water partition coefficient (Wildman–Crippen LogP) is 3.12. The van der Waals surface area contributed by atoms with Crippen LogP contribution in [0.25, 0.3) is 22.9 Å². The van der Waals surface area contributed by atoms with E-state index in [0.717, 1.165) is 59.5 Å². The summed E-state index contributed by atoms with van der Waals surface area (Å²) in [5.74, 6) is 2.29. The molecule has 1 fully saturated rings. The van der Waals surface area contributed by atoms with E-state index in [9.17, 15) is 9.32 Å². The van der Waals surface area contributed by atoms with E-state index in [1.807, 2.05) is 29.1 Å². The molecule has 3 aromatic rings. The molecule has 1 aromatic carbocycles. The zero-order valence-corrected chi connectivity index (χ0v) is 21.7. The zero-order valence-electron chi connectivity index (χ0n) is 20.8. The van der Waals surface area contributed by atoms with Gasteiger partial charge < -0.3 is 14.4 Å². The van der Waals surface area contributed by atoms with E-state index in [1.165, 1.54) is 0 Å². The van der Waals surface area contributed by atoms with Gasteiger partial charge in [0.1, 0.15) is 30.2 Å². The summed E-state index contributed by atoms with van der Waals surface area (Å²) in [7, 11) is -1.13. The number of imidazole rings is 1. The lowest BCUT2D eigenvalue weighted by atomic mass is 9.99. The molecule has 2 aliphatic rings. The van der Waals surface area contributed by atoms with Gasteiger partial charge in [0.2, 0.25) is 0 Å². The van der Waals surface area contributed by atoms with Crippen molar-refractivity contribution >= 4 is 10.8 Å². The van der Waals surface area contributed by atoms with Crippen LogP contribution in [0.4, 0.5) is 0 Å². The normalized spacial score (nSPS) is 18.1. The van der Waals surface area contributed by atoms with E-state index in [4.69, 9.17) is 9.72 Å². The van der Waals surface area contributed by atoms with E-state index >= 15 is 0 Å². The fourth-order valence-corrected chi connectivity index (χ4v) is 6.34. The average Bonchev–Trinajstić information content (AvgIpc) is 3.48. The molecule has 1 N–H and O–H groups in total. The standard InChI is InChI=1S/C25H34N6O3S/c1-17(2)31-24(26-16-27-31)21-14-29-11-12-34-22-6-5-19(13-20(22)23(29)28-21)35(33)18-7-9-30(10-8-18)25(3,4)15-32/h5-6,13-14,16-18,32H,7-12,15H2,1-4H3. The summed E-state index contributed by atoms with van der Waals surface area (Å²) >= 11 is 0. The Morgan fingerprint density at radius 3 is 2.69 bits per heavy atom. The number of rotatable bonds is 6. The molecular formula is C25H34N6O3S. The summed E-state index contributed by atoms with van der Waals surface area (Å²) in [5, 5.41) is 14.1. The Morgan fingerprint density at radius 2 is 1.97 bits per heavy atom. The van der Waals surface area contributed by atoms with Crippen LogP contribution in [-0.4, -0.2) is 75.6 Å². The third-order valence-electron chi connectivity index (χ3n) is 7.07. The number of likely N-dealkylation sites (tertiary alicyclic amines) is 1. The van der Waals surface area contributed by atoms with Crippen LogP contribution >= 0.6 is 0 Å². The fraction of sp³-hybridized carbons (Fsp3) is 0.560. The van der Waals surface area contributed by atoms with Gasteiger partial charge in [-0.25, -0.2) is 14.6 Å². The summed E-state index contributed by atoms with van der Waals surface area (Å²) in [4.78, 5) is 12.5. The van der Waals surface area contributed by atoms with Crippen molar-refractivity contribution in [1.29, 1.82) is 0 Å². The molecule has 1 atom stereocenters. The fourth-order valence-electron chi connectivity index (χ4n) is 4.88. The number of aliphatic hydroxyl groups is 1. The third kappa shape index (κ3) is 4.54. The van der Waals surface area contributed by atoms with Crippen molar-refractivity contribution in [3.63, 3.8) is 0 Å². The first-order valence-electron chi connectivity index (χ1n) is 12.3. The molecule has 2 aliphatic heterocycles. The van der Waals surface area contributed by atoms with Crippen molar-refractivity contribution in [2.75, 3.05) is 26.3 Å². The number of hydrogen-bond donors (Lipinski definition) is 1. The number of piperidine rings is 1. The number of nitrogens with zero attached hydrogens (tertiary/aromatic N) is 6. The van der Waals surface area contributed by atoms with E-state index in [0.29, 0.717) is 13.2 Å². The quantitative estimate of drug-likeness (QED) is 0.558. The first kappa shape index (κ1) is 24.1. The molecule has 0 spiro atoms. The Kier molecular flexibility index (Phi) is 6.54. The summed E-state index contributed by atoms with van der Waals surface area (Å²) in [6.07, 6.45) is 5.24. The lowest BCUT2D eigenvalue weighted by Gasteiger charge is -2.41. The first-order valence-corrected chi connectivity index (χ1v) is 13.5. The van der Waals surface area contributed by atoms with Crippen LogP contribution in [0.5, 0.6) is 5.75 Å². The van der Waals surface area contributed by atoms with Gasteiger partial charge in [-0.3, -0.25) is 9.11 Å². The second kappa shape index (κ2) is 9.48. The lowest BCUT2D eigenvalue weighted by Crippen LogP contribution is -2.51. The van der Waals surface area contributed by atoms with Crippen molar-refractivity contribution in [2.45, 2.75) is 68.8 Å². The van der Waals surface area contributed by atoms with Gasteiger partial charge >= 0.3 is 0 Å². The Balaban J connectivity index is 1.43. The van der Waals surface area contributed by atoms with Crippen molar-refractivity contribution < 1.29 is 14.1 Å². The van der Waals surface area contributed by atoms with Crippen molar-refractivity contribution in [3.8, 4) is 28.7 Å². The van der Waals surface area contributed by atoms with Crippen LogP contribution in [0, 0.1) is 0 Å². The molecular weight excluding hydrogens is 464 g/mol. The van der Waals surface area contributed by atoms with Crippen molar-refractivity contribution in [2.24, 2.45) is 0 Å². The molecule has 2 aromatic heterocycles. The number of benzene rings is 1. The molecule has 5 rings (SSSR count). The van der Waals surface area contributed by atoms with Gasteiger partial charge in [-0.05, 0) is 71.8 Å². The summed E-state index contributed by atoms with van der Waals surface area (Å²) in [5.41, 5.74) is 1.38. The number of aliphatic hydroxyl groups excluding tert-OH is 1. The van der Waals surface area contributed by atoms with Crippen LogP contribution in [0.1, 0.15) is 46.6 Å². The Labute approximate surface area is 208 Å². The highest BCUT2D eigenvalue weighted by atomic mass is 32.2. The maximum Gasteiger partial charge on any atom is 0.178 e. The number of aromatic nitrogens is 5. The average molecular weight is 499 g/mol. The summed E-state index contributed by atoms with van der Waals surface area (Å²) in [6, 6.07) is 6.01.